The third-order valence-corrected chi connectivity index (χ3v) is 4.14. The lowest BCUT2D eigenvalue weighted by Crippen LogP contribution is -2.19. The van der Waals surface area contributed by atoms with Gasteiger partial charge in [0.15, 0.2) is 5.17 Å². The molecular formula is C18H10N4OS. The van der Waals surface area contributed by atoms with Crippen LogP contribution in [0.3, 0.4) is 0 Å². The SMILES string of the molecule is N#Cc1ccc(/C=C2\SC(=Nc3ccccc3C#N)NC2=O)cc1. The first-order valence-corrected chi connectivity index (χ1v) is 7.80. The Labute approximate surface area is 142 Å². The van der Waals surface area contributed by atoms with Crippen LogP contribution in [-0.2, 0) is 4.79 Å². The molecule has 0 saturated carbocycles. The van der Waals surface area contributed by atoms with Crippen molar-refractivity contribution in [2.75, 3.05) is 0 Å². The number of thioether (sulfide) groups is 1. The van der Waals surface area contributed by atoms with Crippen LogP contribution in [-0.4, -0.2) is 11.1 Å². The van der Waals surface area contributed by atoms with E-state index in [9.17, 15) is 4.79 Å². The summed E-state index contributed by atoms with van der Waals surface area (Å²) >= 11 is 1.21. The Morgan fingerprint density at radius 2 is 1.79 bits per heavy atom. The molecule has 6 heteroatoms. The molecule has 1 N–H and O–H groups in total. The zero-order valence-electron chi connectivity index (χ0n) is 12.4. The first kappa shape index (κ1) is 15.5. The van der Waals surface area contributed by atoms with Gasteiger partial charge in [-0.3, -0.25) is 4.79 Å². The van der Waals surface area contributed by atoms with Gasteiger partial charge in [-0.2, -0.15) is 10.5 Å². The van der Waals surface area contributed by atoms with Crippen molar-refractivity contribution in [3.63, 3.8) is 0 Å². The van der Waals surface area contributed by atoms with E-state index < -0.39 is 0 Å². The van der Waals surface area contributed by atoms with Crippen molar-refractivity contribution in [1.82, 2.24) is 5.32 Å². The molecule has 1 aliphatic rings. The number of amides is 1. The normalized spacial score (nSPS) is 16.7. The maximum atomic E-state index is 12.1. The Morgan fingerprint density at radius 1 is 1.04 bits per heavy atom. The third kappa shape index (κ3) is 3.35. The number of rotatable bonds is 2. The summed E-state index contributed by atoms with van der Waals surface area (Å²) in [5.74, 6) is -0.238. The summed E-state index contributed by atoms with van der Waals surface area (Å²) in [7, 11) is 0. The number of carbonyl (C=O) groups is 1. The molecule has 0 spiro atoms. The fourth-order valence-electron chi connectivity index (χ4n) is 2.06. The van der Waals surface area contributed by atoms with Crippen molar-refractivity contribution in [2.45, 2.75) is 0 Å². The number of nitrogens with zero attached hydrogens (tertiary/aromatic N) is 3. The maximum Gasteiger partial charge on any atom is 0.264 e. The zero-order chi connectivity index (χ0) is 16.9. The monoisotopic (exact) mass is 330 g/mol. The minimum atomic E-state index is -0.238. The molecule has 0 aromatic heterocycles. The second-order valence-electron chi connectivity index (χ2n) is 4.84. The van der Waals surface area contributed by atoms with E-state index in [1.165, 1.54) is 11.8 Å². The summed E-state index contributed by atoms with van der Waals surface area (Å²) in [4.78, 5) is 16.9. The van der Waals surface area contributed by atoms with E-state index in [0.717, 1.165) is 5.56 Å². The molecule has 1 amide bonds. The number of aliphatic imine (C=N–C) groups is 1. The van der Waals surface area contributed by atoms with Crippen LogP contribution in [0.4, 0.5) is 5.69 Å². The van der Waals surface area contributed by atoms with Crippen molar-refractivity contribution >= 4 is 34.6 Å². The van der Waals surface area contributed by atoms with Crippen molar-refractivity contribution in [3.05, 3.63) is 70.1 Å². The molecular weight excluding hydrogens is 320 g/mol. The van der Waals surface area contributed by atoms with Gasteiger partial charge >= 0.3 is 0 Å². The fraction of sp³-hybridized carbons (Fsp3) is 0. The standard InChI is InChI=1S/C18H10N4OS/c19-10-13-7-5-12(6-8-13)9-16-17(23)22-18(24-16)21-15-4-2-1-3-14(15)11-20/h1-9H,(H,21,22,23)/b16-9-. The van der Waals surface area contributed by atoms with E-state index in [2.05, 4.69) is 22.4 Å². The predicted octanol–water partition coefficient (Wildman–Crippen LogP) is 3.32. The Bertz CT molecular complexity index is 946. The first-order chi connectivity index (χ1) is 11.7. The first-order valence-electron chi connectivity index (χ1n) is 6.98. The molecule has 3 rings (SSSR count). The van der Waals surface area contributed by atoms with Crippen LogP contribution in [0.5, 0.6) is 0 Å². The molecule has 2 aromatic carbocycles. The van der Waals surface area contributed by atoms with Gasteiger partial charge in [-0.1, -0.05) is 24.3 Å². The molecule has 5 nitrogen and oxygen atoms in total. The number of carbonyl (C=O) groups excluding carboxylic acids is 1. The van der Waals surface area contributed by atoms with Gasteiger partial charge in [-0.05, 0) is 47.7 Å². The minimum Gasteiger partial charge on any atom is -0.300 e. The highest BCUT2D eigenvalue weighted by Gasteiger charge is 2.24. The number of hydrogen-bond acceptors (Lipinski definition) is 5. The highest BCUT2D eigenvalue weighted by atomic mass is 32.2. The minimum absolute atomic E-state index is 0.238. The van der Waals surface area contributed by atoms with Crippen LogP contribution >= 0.6 is 11.8 Å². The van der Waals surface area contributed by atoms with Gasteiger partial charge in [0, 0.05) is 0 Å². The molecule has 1 fully saturated rings. The highest BCUT2D eigenvalue weighted by molar-refractivity contribution is 8.18. The van der Waals surface area contributed by atoms with Crippen LogP contribution < -0.4 is 5.32 Å². The molecule has 0 atom stereocenters. The molecule has 1 heterocycles. The Balaban J connectivity index is 1.85. The van der Waals surface area contributed by atoms with E-state index in [0.29, 0.717) is 26.9 Å². The lowest BCUT2D eigenvalue weighted by molar-refractivity contribution is -0.115. The van der Waals surface area contributed by atoms with Crippen molar-refractivity contribution < 1.29 is 4.79 Å². The number of nitrogens with one attached hydrogen (secondary N) is 1. The van der Waals surface area contributed by atoms with Gasteiger partial charge in [0.25, 0.3) is 5.91 Å². The summed E-state index contributed by atoms with van der Waals surface area (Å²) in [5.41, 5.74) is 2.35. The van der Waals surface area contributed by atoms with Gasteiger partial charge in [0.1, 0.15) is 6.07 Å². The van der Waals surface area contributed by atoms with Crippen LogP contribution in [0.25, 0.3) is 6.08 Å². The van der Waals surface area contributed by atoms with Crippen LogP contribution in [0.1, 0.15) is 16.7 Å². The van der Waals surface area contributed by atoms with Gasteiger partial charge in [0.05, 0.1) is 27.8 Å². The van der Waals surface area contributed by atoms with Gasteiger partial charge in [0.2, 0.25) is 0 Å². The molecule has 0 aliphatic carbocycles. The quantitative estimate of drug-likeness (QED) is 0.855. The topological polar surface area (TPSA) is 89.0 Å². The molecule has 1 aliphatic heterocycles. The van der Waals surface area contributed by atoms with E-state index in [1.807, 2.05) is 0 Å². The molecule has 0 unspecified atom stereocenters. The molecule has 24 heavy (non-hydrogen) atoms. The summed E-state index contributed by atoms with van der Waals surface area (Å²) in [6.07, 6.45) is 1.74. The maximum absolute atomic E-state index is 12.1. The average Bonchev–Trinajstić information content (AvgIpc) is 2.95. The number of amidine groups is 1. The Morgan fingerprint density at radius 3 is 2.50 bits per heavy atom. The van der Waals surface area contributed by atoms with Crippen LogP contribution in [0, 0.1) is 22.7 Å². The molecule has 114 valence electrons. The molecule has 0 bridgehead atoms. The lowest BCUT2D eigenvalue weighted by Gasteiger charge is -1.98. The second-order valence-corrected chi connectivity index (χ2v) is 5.88. The van der Waals surface area contributed by atoms with Gasteiger partial charge in [-0.25, -0.2) is 4.99 Å². The smallest absolute Gasteiger partial charge is 0.264 e. The largest absolute Gasteiger partial charge is 0.300 e. The predicted molar refractivity (Wildman–Crippen MR) is 93.1 cm³/mol. The van der Waals surface area contributed by atoms with Crippen molar-refractivity contribution in [2.24, 2.45) is 4.99 Å². The fourth-order valence-corrected chi connectivity index (χ4v) is 2.90. The number of para-hydroxylation sites is 1. The zero-order valence-corrected chi connectivity index (χ0v) is 13.2. The molecule has 0 radical (unpaired) electrons. The Hall–Kier alpha value is -3.35. The molecule has 1 saturated heterocycles. The third-order valence-electron chi connectivity index (χ3n) is 3.23. The Kier molecular flexibility index (Phi) is 4.42. The van der Waals surface area contributed by atoms with Gasteiger partial charge < -0.3 is 5.32 Å². The van der Waals surface area contributed by atoms with E-state index in [4.69, 9.17) is 10.5 Å². The summed E-state index contributed by atoms with van der Waals surface area (Å²) in [6, 6.07) is 18.0. The van der Waals surface area contributed by atoms with E-state index >= 15 is 0 Å². The van der Waals surface area contributed by atoms with Crippen LogP contribution in [0.15, 0.2) is 58.4 Å². The summed E-state index contributed by atoms with van der Waals surface area (Å²) in [5, 5.41) is 21.0. The average molecular weight is 330 g/mol. The highest BCUT2D eigenvalue weighted by Crippen LogP contribution is 2.29. The number of benzene rings is 2. The van der Waals surface area contributed by atoms with Crippen molar-refractivity contribution in [3.8, 4) is 12.1 Å². The summed E-state index contributed by atoms with van der Waals surface area (Å²) < 4.78 is 0. The summed E-state index contributed by atoms with van der Waals surface area (Å²) in [6.45, 7) is 0. The molecule has 2 aromatic rings. The van der Waals surface area contributed by atoms with Gasteiger partial charge in [-0.15, -0.1) is 0 Å². The number of nitriles is 2. The van der Waals surface area contributed by atoms with Crippen molar-refractivity contribution in [1.29, 1.82) is 10.5 Å². The number of hydrogen-bond donors (Lipinski definition) is 1. The second kappa shape index (κ2) is 6.82. The lowest BCUT2D eigenvalue weighted by atomic mass is 10.1. The van der Waals surface area contributed by atoms with Crippen LogP contribution in [0.2, 0.25) is 0 Å². The van der Waals surface area contributed by atoms with E-state index in [1.54, 1.807) is 54.6 Å². The van der Waals surface area contributed by atoms with E-state index in [-0.39, 0.29) is 5.91 Å².